The average molecular weight is 695 g/mol. The zero-order valence-corrected chi connectivity index (χ0v) is 28.1. The molecule has 2 unspecified atom stereocenters. The van der Waals surface area contributed by atoms with Crippen molar-refractivity contribution in [2.75, 3.05) is 0 Å². The molecule has 2 aromatic carbocycles. The summed E-state index contributed by atoms with van der Waals surface area (Å²) in [6, 6.07) is 15.7. The number of nitrogens with two attached hydrogens (primary N) is 1. The Bertz CT molecular complexity index is 2310. The molecule has 244 valence electrons. The zero-order chi connectivity index (χ0) is 33.2. The lowest BCUT2D eigenvalue weighted by Gasteiger charge is -2.08. The fourth-order valence-electron chi connectivity index (χ4n) is 4.40. The number of benzene rings is 2. The van der Waals surface area contributed by atoms with Crippen molar-refractivity contribution >= 4 is 54.8 Å². The van der Waals surface area contributed by atoms with Gasteiger partial charge in [-0.1, -0.05) is 47.4 Å². The number of azide groups is 1. The second-order valence-electron chi connectivity index (χ2n) is 10.5. The van der Waals surface area contributed by atoms with E-state index in [0.717, 1.165) is 19.1 Å². The third-order valence-electron chi connectivity index (χ3n) is 7.02. The molecule has 6 aromatic rings. The van der Waals surface area contributed by atoms with Crippen LogP contribution in [-0.2, 0) is 20.0 Å². The highest BCUT2D eigenvalue weighted by Crippen LogP contribution is 2.23. The van der Waals surface area contributed by atoms with Gasteiger partial charge in [0.15, 0.2) is 11.3 Å². The monoisotopic (exact) mass is 694 g/mol. The molecule has 17 heteroatoms. The first-order valence-corrected chi connectivity index (χ1v) is 16.8. The molecule has 0 spiro atoms. The molecule has 0 aliphatic carbocycles. The van der Waals surface area contributed by atoms with E-state index in [1.54, 1.807) is 74.5 Å². The van der Waals surface area contributed by atoms with Crippen molar-refractivity contribution < 1.29 is 16.8 Å². The molecular formula is C30H31ClN10O4S2. The van der Waals surface area contributed by atoms with E-state index < -0.39 is 26.1 Å². The molecule has 14 nitrogen and oxygen atoms in total. The van der Waals surface area contributed by atoms with Crippen LogP contribution in [0.25, 0.3) is 32.8 Å². The minimum absolute atomic E-state index is 0. The predicted octanol–water partition coefficient (Wildman–Crippen LogP) is 5.77. The van der Waals surface area contributed by atoms with Gasteiger partial charge in [-0.05, 0) is 62.7 Å². The summed E-state index contributed by atoms with van der Waals surface area (Å²) in [6.45, 7) is 7.29. The van der Waals surface area contributed by atoms with Gasteiger partial charge in [0.25, 0.3) is 20.0 Å². The average Bonchev–Trinajstić information content (AvgIpc) is 3.66. The summed E-state index contributed by atoms with van der Waals surface area (Å²) in [6.07, 6.45) is 5.81. The number of nitrogens with zero attached hydrogens (tertiary/aromatic N) is 9. The van der Waals surface area contributed by atoms with E-state index in [-0.39, 0.29) is 33.9 Å². The summed E-state index contributed by atoms with van der Waals surface area (Å²) in [7, 11) is -7.44. The van der Waals surface area contributed by atoms with Crippen LogP contribution in [0.3, 0.4) is 0 Å². The molecule has 0 saturated heterocycles. The smallest absolute Gasteiger partial charge is 0.269 e. The lowest BCUT2D eigenvalue weighted by atomic mass is 10.2. The summed E-state index contributed by atoms with van der Waals surface area (Å²) < 4.78 is 53.2. The Morgan fingerprint density at radius 3 is 1.53 bits per heavy atom. The molecule has 6 rings (SSSR count). The van der Waals surface area contributed by atoms with Crippen molar-refractivity contribution in [3.05, 3.63) is 118 Å². The highest BCUT2D eigenvalue weighted by Gasteiger charge is 2.22. The lowest BCUT2D eigenvalue weighted by molar-refractivity contribution is 0.587. The van der Waals surface area contributed by atoms with Crippen LogP contribution >= 0.6 is 12.4 Å². The van der Waals surface area contributed by atoms with Gasteiger partial charge in [-0.25, -0.2) is 44.7 Å². The van der Waals surface area contributed by atoms with Crippen LogP contribution in [0, 0.1) is 13.8 Å². The van der Waals surface area contributed by atoms with Gasteiger partial charge in [-0.3, -0.25) is 0 Å². The molecule has 0 fully saturated rings. The first-order chi connectivity index (χ1) is 21.8. The lowest BCUT2D eigenvalue weighted by Crippen LogP contribution is -2.13. The number of aryl methyl sites for hydroxylation is 2. The van der Waals surface area contributed by atoms with E-state index in [9.17, 15) is 16.8 Å². The normalized spacial score (nSPS) is 12.8. The molecule has 0 radical (unpaired) electrons. The van der Waals surface area contributed by atoms with Crippen molar-refractivity contribution in [3.63, 3.8) is 0 Å². The summed E-state index contributed by atoms with van der Waals surface area (Å²) in [5, 5.41) is 3.57. The van der Waals surface area contributed by atoms with Gasteiger partial charge in [-0.2, -0.15) is 0 Å². The van der Waals surface area contributed by atoms with Gasteiger partial charge < -0.3 is 5.73 Å². The van der Waals surface area contributed by atoms with Crippen LogP contribution in [0.4, 0.5) is 0 Å². The quantitative estimate of drug-likeness (QED) is 0.122. The van der Waals surface area contributed by atoms with Crippen LogP contribution < -0.4 is 5.73 Å². The SMILES string of the molecule is Cc1ccc(S(=O)(=O)n2ccc3nc(C(C)N)cnc32)cc1.Cc1ccc(S(=O)(=O)n2ccc3nc(C(C)N=[N+]=[N-])cnc32)cc1.Cl. The predicted molar refractivity (Wildman–Crippen MR) is 180 cm³/mol. The van der Waals surface area contributed by atoms with E-state index in [1.165, 1.54) is 24.8 Å². The molecule has 4 heterocycles. The van der Waals surface area contributed by atoms with Gasteiger partial charge >= 0.3 is 0 Å². The van der Waals surface area contributed by atoms with E-state index in [0.29, 0.717) is 28.1 Å². The van der Waals surface area contributed by atoms with E-state index in [4.69, 9.17) is 11.3 Å². The minimum atomic E-state index is -3.75. The Morgan fingerprint density at radius 1 is 0.723 bits per heavy atom. The summed E-state index contributed by atoms with van der Waals surface area (Å²) in [5.41, 5.74) is 18.8. The van der Waals surface area contributed by atoms with Crippen molar-refractivity contribution in [1.29, 1.82) is 0 Å². The topological polar surface area (TPSA) is 204 Å². The molecule has 0 saturated carbocycles. The van der Waals surface area contributed by atoms with Crippen LogP contribution in [0.1, 0.15) is 48.4 Å². The molecular weight excluding hydrogens is 664 g/mol. The maximum Gasteiger partial charge on any atom is 0.269 e. The number of hydrogen-bond acceptors (Lipinski definition) is 10. The Hall–Kier alpha value is -4.86. The first-order valence-electron chi connectivity index (χ1n) is 13.9. The van der Waals surface area contributed by atoms with Crippen LogP contribution in [0.15, 0.2) is 100 Å². The maximum atomic E-state index is 12.8. The second-order valence-corrected chi connectivity index (χ2v) is 14.2. The molecule has 2 N–H and O–H groups in total. The number of aromatic nitrogens is 6. The Labute approximate surface area is 277 Å². The molecule has 0 aliphatic heterocycles. The fraction of sp³-hybridized carbons (Fsp3) is 0.200. The minimum Gasteiger partial charge on any atom is -0.323 e. The standard InChI is InChI=1S/C15H14N6O2S.C15H16N4O2S.ClH/c1-10-3-5-12(6-4-10)24(22,23)21-8-7-13-15(21)17-9-14(18-13)11(2)19-20-16;1-10-3-5-12(6-4-10)22(20,21)19-8-7-13-15(19)17-9-14(18-13)11(2)16;/h3-9,11H,1-2H3;3-9,11H,16H2,1-2H3;1H. The number of halogens is 1. The van der Waals surface area contributed by atoms with Crippen molar-refractivity contribution in [2.24, 2.45) is 10.8 Å². The van der Waals surface area contributed by atoms with Gasteiger partial charge in [0, 0.05) is 23.3 Å². The summed E-state index contributed by atoms with van der Waals surface area (Å²) >= 11 is 0. The van der Waals surface area contributed by atoms with Gasteiger partial charge in [0.1, 0.15) is 11.0 Å². The van der Waals surface area contributed by atoms with Crippen molar-refractivity contribution in [3.8, 4) is 0 Å². The van der Waals surface area contributed by atoms with E-state index in [1.807, 2.05) is 13.8 Å². The van der Waals surface area contributed by atoms with Gasteiger partial charge in [-0.15, -0.1) is 12.4 Å². The van der Waals surface area contributed by atoms with Gasteiger partial charge in [0.2, 0.25) is 0 Å². The van der Waals surface area contributed by atoms with Crippen LogP contribution in [0.2, 0.25) is 0 Å². The maximum absolute atomic E-state index is 12.8. The fourth-order valence-corrected chi connectivity index (χ4v) is 6.99. The van der Waals surface area contributed by atoms with E-state index in [2.05, 4.69) is 30.0 Å². The van der Waals surface area contributed by atoms with Crippen molar-refractivity contribution in [2.45, 2.75) is 49.6 Å². The van der Waals surface area contributed by atoms with Crippen LogP contribution in [0.5, 0.6) is 0 Å². The second kappa shape index (κ2) is 13.9. The molecule has 47 heavy (non-hydrogen) atoms. The van der Waals surface area contributed by atoms with E-state index >= 15 is 0 Å². The number of rotatable bonds is 7. The zero-order valence-electron chi connectivity index (χ0n) is 25.7. The molecule has 0 amide bonds. The number of fused-ring (bicyclic) bond motifs is 2. The molecule has 0 bridgehead atoms. The molecule has 4 aromatic heterocycles. The highest BCUT2D eigenvalue weighted by molar-refractivity contribution is 7.90. The number of hydrogen-bond donors (Lipinski definition) is 1. The Balaban J connectivity index is 0.000000209. The van der Waals surface area contributed by atoms with Crippen LogP contribution in [-0.4, -0.2) is 44.7 Å². The Kier molecular flexibility index (Phi) is 10.3. The third kappa shape index (κ3) is 7.11. The third-order valence-corrected chi connectivity index (χ3v) is 10.4. The summed E-state index contributed by atoms with van der Waals surface area (Å²) in [5.74, 6) is 0. The highest BCUT2D eigenvalue weighted by atomic mass is 35.5. The molecule has 2 atom stereocenters. The largest absolute Gasteiger partial charge is 0.323 e. The van der Waals surface area contributed by atoms with Gasteiger partial charge in [0.05, 0.1) is 39.6 Å². The molecule has 0 aliphatic rings. The summed E-state index contributed by atoms with van der Waals surface area (Å²) in [4.78, 5) is 20.2. The first kappa shape index (κ1) is 35.0. The Morgan fingerprint density at radius 2 is 1.13 bits per heavy atom. The van der Waals surface area contributed by atoms with Crippen molar-refractivity contribution in [1.82, 2.24) is 27.9 Å².